The Hall–Kier alpha value is -3.43. The first-order valence-electron chi connectivity index (χ1n) is 17.5. The van der Waals surface area contributed by atoms with Crippen LogP contribution in [-0.2, 0) is 30.3 Å². The lowest BCUT2D eigenvalue weighted by molar-refractivity contribution is -0.167. The van der Waals surface area contributed by atoms with Gasteiger partial charge in [-0.15, -0.1) is 0 Å². The maximum atomic E-state index is 14.6. The van der Waals surface area contributed by atoms with Crippen molar-refractivity contribution in [2.24, 2.45) is 23.2 Å². The number of carbonyl (C=O) groups excluding carboxylic acids is 3. The first kappa shape index (κ1) is 34.9. The van der Waals surface area contributed by atoms with Gasteiger partial charge in [0, 0.05) is 12.0 Å². The van der Waals surface area contributed by atoms with Gasteiger partial charge < -0.3 is 23.8 Å². The molecule has 0 unspecified atom stereocenters. The van der Waals surface area contributed by atoms with Gasteiger partial charge in [0.25, 0.3) is 0 Å². The van der Waals surface area contributed by atoms with Gasteiger partial charge in [0.15, 0.2) is 0 Å². The minimum Gasteiger partial charge on any atom is -0.494 e. The number of rotatable bonds is 4. The quantitative estimate of drug-likeness (QED) is 0.344. The van der Waals surface area contributed by atoms with E-state index in [0.29, 0.717) is 42.5 Å². The van der Waals surface area contributed by atoms with Gasteiger partial charge in [0.05, 0.1) is 36.5 Å². The summed E-state index contributed by atoms with van der Waals surface area (Å²) in [6.07, 6.45) is 5.39. The van der Waals surface area contributed by atoms with Gasteiger partial charge >= 0.3 is 11.9 Å². The number of aryl methyl sites for hydroxylation is 1. The van der Waals surface area contributed by atoms with Gasteiger partial charge in [-0.3, -0.25) is 9.59 Å². The van der Waals surface area contributed by atoms with Gasteiger partial charge in [0.1, 0.15) is 35.3 Å². The van der Waals surface area contributed by atoms with Gasteiger partial charge in [-0.25, -0.2) is 14.8 Å². The number of esters is 2. The minimum atomic E-state index is -0.881. The van der Waals surface area contributed by atoms with Crippen LogP contribution in [0.4, 0.5) is 0 Å². The fourth-order valence-corrected chi connectivity index (χ4v) is 6.98. The molecule has 3 aliphatic rings. The van der Waals surface area contributed by atoms with Crippen LogP contribution in [0, 0.1) is 23.2 Å². The number of benzene rings is 1. The van der Waals surface area contributed by atoms with E-state index in [1.165, 1.54) is 0 Å². The lowest BCUT2D eigenvalue weighted by Gasteiger charge is -2.35. The van der Waals surface area contributed by atoms with Crippen molar-refractivity contribution < 1.29 is 33.3 Å². The molecule has 1 saturated carbocycles. The normalized spacial score (nSPS) is 27.5. The monoisotopic (exact) mass is 651 g/mol. The molecule has 0 spiro atoms. The molecule has 0 radical (unpaired) electrons. The Kier molecular flexibility index (Phi) is 10.4. The largest absolute Gasteiger partial charge is 0.494 e. The van der Waals surface area contributed by atoms with Crippen molar-refractivity contribution in [2.75, 3.05) is 13.2 Å². The van der Waals surface area contributed by atoms with Crippen LogP contribution in [0.25, 0.3) is 11.0 Å². The summed E-state index contributed by atoms with van der Waals surface area (Å²) in [5.41, 5.74) is 0.871. The molecule has 0 N–H and O–H groups in total. The number of nitrogens with zero attached hydrogens (tertiary/aromatic N) is 3. The Morgan fingerprint density at radius 2 is 1.74 bits per heavy atom. The van der Waals surface area contributed by atoms with Crippen molar-refractivity contribution in [3.8, 4) is 11.6 Å². The van der Waals surface area contributed by atoms with E-state index in [1.807, 2.05) is 73.6 Å². The Balaban J connectivity index is 1.57. The predicted molar refractivity (Wildman–Crippen MR) is 178 cm³/mol. The summed E-state index contributed by atoms with van der Waals surface area (Å²) >= 11 is 0. The second-order valence-corrected chi connectivity index (χ2v) is 15.5. The van der Waals surface area contributed by atoms with Gasteiger partial charge in [-0.05, 0) is 83.3 Å². The molecule has 258 valence electrons. The summed E-state index contributed by atoms with van der Waals surface area (Å²) in [6.45, 7) is 15.9. The zero-order chi connectivity index (χ0) is 34.1. The Bertz CT molecular complexity index is 1460. The number of aromatic nitrogens is 2. The zero-order valence-electron chi connectivity index (χ0n) is 29.5. The number of carbonyl (C=O) groups is 3. The van der Waals surface area contributed by atoms with Crippen LogP contribution >= 0.6 is 0 Å². The number of hydrogen-bond donors (Lipinski definition) is 0. The molecule has 2 aromatic rings. The summed E-state index contributed by atoms with van der Waals surface area (Å²) in [5.74, 6) is -0.675. The average molecular weight is 652 g/mol. The molecule has 5 rings (SSSR count). The van der Waals surface area contributed by atoms with Gasteiger partial charge in [0.2, 0.25) is 11.8 Å². The first-order chi connectivity index (χ1) is 22.2. The third-order valence-corrected chi connectivity index (χ3v) is 9.59. The molecule has 3 heterocycles. The Morgan fingerprint density at radius 3 is 2.43 bits per heavy atom. The molecule has 6 atom stereocenters. The molecular formula is C37H53N3O7. The lowest BCUT2D eigenvalue weighted by atomic mass is 9.77. The number of fused-ring (bicyclic) bond motifs is 5. The molecular weight excluding hydrogens is 598 g/mol. The molecule has 1 aromatic carbocycles. The Morgan fingerprint density at radius 1 is 0.979 bits per heavy atom. The van der Waals surface area contributed by atoms with Crippen LogP contribution < -0.4 is 9.47 Å². The first-order valence-corrected chi connectivity index (χ1v) is 17.5. The summed E-state index contributed by atoms with van der Waals surface area (Å²) in [4.78, 5) is 53.2. The second kappa shape index (κ2) is 14.0. The predicted octanol–water partition coefficient (Wildman–Crippen LogP) is 6.46. The highest BCUT2D eigenvalue weighted by atomic mass is 16.6. The second-order valence-electron chi connectivity index (χ2n) is 15.5. The van der Waals surface area contributed by atoms with E-state index < -0.39 is 35.0 Å². The molecule has 2 fully saturated rings. The molecule has 1 amide bonds. The molecule has 1 aromatic heterocycles. The topological polar surface area (TPSA) is 117 Å². The average Bonchev–Trinajstić information content (AvgIpc) is 3.60. The smallest absolute Gasteiger partial charge is 0.329 e. The zero-order valence-corrected chi connectivity index (χ0v) is 29.5. The van der Waals surface area contributed by atoms with E-state index in [2.05, 4.69) is 0 Å². The van der Waals surface area contributed by atoms with Crippen molar-refractivity contribution in [1.29, 1.82) is 0 Å². The van der Waals surface area contributed by atoms with Crippen LogP contribution in [0.5, 0.6) is 11.6 Å². The SMILES string of the molecule is CCOc1ccc2nc3c(nc2c1)O[C@H]1CN(C(=O)[C@H](C(C)(C)C)CC(=O)O[C@@H]2C[C@H]2CCCCC3)[C@H](C(=O)OC(C)(C)C)[C@@H]1CC. The fraction of sp³-hybridized carbons (Fsp3) is 0.703. The Labute approximate surface area is 279 Å². The highest BCUT2D eigenvalue weighted by molar-refractivity contribution is 5.90. The molecule has 2 bridgehead atoms. The van der Waals surface area contributed by atoms with Crippen LogP contribution in [0.1, 0.15) is 106 Å². The highest BCUT2D eigenvalue weighted by Gasteiger charge is 2.52. The van der Waals surface area contributed by atoms with Crippen LogP contribution in [0.3, 0.4) is 0 Å². The maximum Gasteiger partial charge on any atom is 0.329 e. The van der Waals surface area contributed by atoms with E-state index in [9.17, 15) is 14.4 Å². The molecule has 1 aliphatic carbocycles. The molecule has 1 saturated heterocycles. The van der Waals surface area contributed by atoms with E-state index >= 15 is 0 Å². The molecule has 10 nitrogen and oxygen atoms in total. The fourth-order valence-electron chi connectivity index (χ4n) is 6.98. The third-order valence-electron chi connectivity index (χ3n) is 9.59. The summed E-state index contributed by atoms with van der Waals surface area (Å²) < 4.78 is 24.3. The van der Waals surface area contributed by atoms with Crippen molar-refractivity contribution >= 4 is 28.9 Å². The van der Waals surface area contributed by atoms with Gasteiger partial charge in [-0.2, -0.15) is 0 Å². The van der Waals surface area contributed by atoms with E-state index in [1.54, 1.807) is 4.90 Å². The minimum absolute atomic E-state index is 0.0477. The molecule has 2 aliphatic heterocycles. The highest BCUT2D eigenvalue weighted by Crippen LogP contribution is 2.41. The van der Waals surface area contributed by atoms with Gasteiger partial charge in [-0.1, -0.05) is 40.5 Å². The third kappa shape index (κ3) is 8.36. The van der Waals surface area contributed by atoms with Crippen LogP contribution in [0.15, 0.2) is 18.2 Å². The molecule has 10 heteroatoms. The maximum absolute atomic E-state index is 14.6. The molecule has 47 heavy (non-hydrogen) atoms. The number of ether oxygens (including phenoxy) is 4. The number of hydrogen-bond acceptors (Lipinski definition) is 9. The summed E-state index contributed by atoms with van der Waals surface area (Å²) in [6, 6.07) is 4.81. The van der Waals surface area contributed by atoms with Crippen molar-refractivity contribution in [2.45, 2.75) is 131 Å². The van der Waals surface area contributed by atoms with Crippen molar-refractivity contribution in [1.82, 2.24) is 14.9 Å². The van der Waals surface area contributed by atoms with Crippen molar-refractivity contribution in [3.63, 3.8) is 0 Å². The number of amides is 1. The summed E-state index contributed by atoms with van der Waals surface area (Å²) in [5, 5.41) is 0. The van der Waals surface area contributed by atoms with Crippen LogP contribution in [0.2, 0.25) is 0 Å². The van der Waals surface area contributed by atoms with Crippen molar-refractivity contribution in [3.05, 3.63) is 23.9 Å². The van der Waals surface area contributed by atoms with E-state index in [0.717, 1.165) is 43.3 Å². The van der Waals surface area contributed by atoms with Crippen LogP contribution in [-0.4, -0.2) is 69.7 Å². The lowest BCUT2D eigenvalue weighted by Crippen LogP contribution is -2.50. The van der Waals surface area contributed by atoms with E-state index in [4.69, 9.17) is 28.9 Å². The standard InChI is InChI=1S/C37H53N3O7/c1-9-24-30-21-40(32(24)35(43)47-37(6,7)8)34(42)25(36(3,4)5)20-31(41)45-29-18-22(29)14-12-11-13-15-27-33(46-30)39-28-19-23(44-10-2)16-17-26(28)38-27/h16-17,19,22,24-25,29-30,32H,9-15,18,20-21H2,1-8H3/t22-,24-,25-,29-,30+,32+/m1/s1. The summed E-state index contributed by atoms with van der Waals surface area (Å²) in [7, 11) is 0. The van der Waals surface area contributed by atoms with E-state index in [-0.39, 0.29) is 36.9 Å².